The van der Waals surface area contributed by atoms with Crippen LogP contribution in [0.25, 0.3) is 0 Å². The first-order valence-electron chi connectivity index (χ1n) is 4.94. The molecule has 1 heterocycles. The number of carboxylic acids is 1. The normalized spacial score (nSPS) is 21.7. The Morgan fingerprint density at radius 3 is 2.44 bits per heavy atom. The predicted molar refractivity (Wildman–Crippen MR) is 60.2 cm³/mol. The Morgan fingerprint density at radius 2 is 2.00 bits per heavy atom. The third-order valence-corrected chi connectivity index (χ3v) is 3.17. The van der Waals surface area contributed by atoms with E-state index < -0.39 is 23.0 Å². The number of thioether (sulfide) groups is 1. The van der Waals surface area contributed by atoms with Crippen molar-refractivity contribution in [3.8, 4) is 0 Å². The van der Waals surface area contributed by atoms with Gasteiger partial charge in [0.25, 0.3) is 5.24 Å². The Morgan fingerprint density at radius 1 is 1.44 bits per heavy atom. The number of imide groups is 1. The molecule has 90 valence electrons. The lowest BCUT2D eigenvalue weighted by Gasteiger charge is -2.20. The third-order valence-electron chi connectivity index (χ3n) is 2.10. The lowest BCUT2D eigenvalue weighted by Crippen LogP contribution is -2.36. The largest absolute Gasteiger partial charge is 0.480 e. The van der Waals surface area contributed by atoms with Crippen molar-refractivity contribution in [1.82, 2.24) is 4.90 Å². The number of hydrogen-bond acceptors (Lipinski definition) is 4. The molecule has 5 nitrogen and oxygen atoms in total. The van der Waals surface area contributed by atoms with Crippen LogP contribution in [0, 0.1) is 5.41 Å². The Labute approximate surface area is 98.2 Å². The zero-order valence-corrected chi connectivity index (χ0v) is 10.3. The van der Waals surface area contributed by atoms with Crippen LogP contribution in [0.15, 0.2) is 0 Å². The van der Waals surface area contributed by atoms with Crippen molar-refractivity contribution < 1.29 is 19.5 Å². The Balaban J connectivity index is 2.71. The molecule has 1 atom stereocenters. The van der Waals surface area contributed by atoms with Crippen molar-refractivity contribution in [3.63, 3.8) is 0 Å². The molecule has 0 aromatic carbocycles. The lowest BCUT2D eigenvalue weighted by molar-refractivity contribution is -0.141. The summed E-state index contributed by atoms with van der Waals surface area (Å²) in [6.07, 6.45) is 0.568. The first-order valence-corrected chi connectivity index (χ1v) is 5.82. The van der Waals surface area contributed by atoms with Gasteiger partial charge in [0.1, 0.15) is 6.54 Å². The molecule has 16 heavy (non-hydrogen) atoms. The van der Waals surface area contributed by atoms with Gasteiger partial charge in [-0.2, -0.15) is 0 Å². The fourth-order valence-electron chi connectivity index (χ4n) is 1.46. The summed E-state index contributed by atoms with van der Waals surface area (Å²) in [6, 6.07) is 0. The van der Waals surface area contributed by atoms with Crippen LogP contribution < -0.4 is 0 Å². The summed E-state index contributed by atoms with van der Waals surface area (Å²) in [5.74, 6) is -1.55. The monoisotopic (exact) mass is 245 g/mol. The number of hydrogen-bond donors (Lipinski definition) is 1. The van der Waals surface area contributed by atoms with Crippen LogP contribution in [0.4, 0.5) is 4.79 Å². The average Bonchev–Trinajstić information content (AvgIpc) is 2.29. The zero-order chi connectivity index (χ0) is 12.5. The van der Waals surface area contributed by atoms with E-state index in [0.29, 0.717) is 6.42 Å². The molecule has 1 fully saturated rings. The van der Waals surface area contributed by atoms with E-state index in [4.69, 9.17) is 5.11 Å². The molecule has 1 aliphatic rings. The zero-order valence-electron chi connectivity index (χ0n) is 9.52. The molecule has 0 bridgehead atoms. The first kappa shape index (κ1) is 13.0. The minimum atomic E-state index is -1.17. The van der Waals surface area contributed by atoms with Crippen molar-refractivity contribution in [2.45, 2.75) is 32.4 Å². The van der Waals surface area contributed by atoms with Gasteiger partial charge in [-0.15, -0.1) is 0 Å². The van der Waals surface area contributed by atoms with E-state index in [1.807, 2.05) is 20.8 Å². The number of rotatable bonds is 3. The standard InChI is InChI=1S/C10H15NO4S/c1-10(2,3)4-6-8(14)11(5-7(12)13)9(15)16-6/h6H,4-5H2,1-3H3,(H,12,13). The highest BCUT2D eigenvalue weighted by atomic mass is 32.2. The van der Waals surface area contributed by atoms with Gasteiger partial charge in [0.05, 0.1) is 5.25 Å². The molecule has 2 amide bonds. The number of carboxylic acid groups (broad SMARTS) is 1. The highest BCUT2D eigenvalue weighted by molar-refractivity contribution is 8.15. The van der Waals surface area contributed by atoms with Crippen LogP contribution in [-0.2, 0) is 9.59 Å². The van der Waals surface area contributed by atoms with E-state index in [1.54, 1.807) is 0 Å². The van der Waals surface area contributed by atoms with Crippen molar-refractivity contribution in [2.24, 2.45) is 5.41 Å². The van der Waals surface area contributed by atoms with Crippen LogP contribution >= 0.6 is 11.8 Å². The molecular weight excluding hydrogens is 230 g/mol. The Kier molecular flexibility index (Phi) is 3.62. The van der Waals surface area contributed by atoms with Crippen molar-refractivity contribution in [1.29, 1.82) is 0 Å². The van der Waals surface area contributed by atoms with Crippen LogP contribution in [0.5, 0.6) is 0 Å². The SMILES string of the molecule is CC(C)(C)CC1SC(=O)N(CC(=O)O)C1=O. The quantitative estimate of drug-likeness (QED) is 0.817. The van der Waals surface area contributed by atoms with E-state index in [9.17, 15) is 14.4 Å². The molecular formula is C10H15NO4S. The van der Waals surface area contributed by atoms with Crippen LogP contribution in [-0.4, -0.2) is 38.9 Å². The van der Waals surface area contributed by atoms with E-state index in [0.717, 1.165) is 16.7 Å². The van der Waals surface area contributed by atoms with Gasteiger partial charge in [-0.25, -0.2) is 0 Å². The van der Waals surface area contributed by atoms with E-state index in [-0.39, 0.29) is 11.3 Å². The van der Waals surface area contributed by atoms with E-state index in [2.05, 4.69) is 0 Å². The molecule has 0 radical (unpaired) electrons. The third kappa shape index (κ3) is 3.23. The van der Waals surface area contributed by atoms with Gasteiger partial charge in [-0.1, -0.05) is 32.5 Å². The first-order chi connectivity index (χ1) is 7.20. The van der Waals surface area contributed by atoms with Crippen LogP contribution in [0.2, 0.25) is 0 Å². The van der Waals surface area contributed by atoms with Crippen LogP contribution in [0.1, 0.15) is 27.2 Å². The van der Waals surface area contributed by atoms with E-state index in [1.165, 1.54) is 0 Å². The van der Waals surface area contributed by atoms with Crippen LogP contribution in [0.3, 0.4) is 0 Å². The Hall–Kier alpha value is -1.04. The van der Waals surface area contributed by atoms with Gasteiger partial charge >= 0.3 is 5.97 Å². The molecule has 0 aliphatic carbocycles. The van der Waals surface area contributed by atoms with Gasteiger partial charge in [-0.05, 0) is 11.8 Å². The average molecular weight is 245 g/mol. The molecule has 0 aromatic heterocycles. The second kappa shape index (κ2) is 4.45. The Bertz CT molecular complexity index is 334. The minimum Gasteiger partial charge on any atom is -0.480 e. The summed E-state index contributed by atoms with van der Waals surface area (Å²) in [4.78, 5) is 34.5. The summed E-state index contributed by atoms with van der Waals surface area (Å²) in [5, 5.41) is 7.68. The van der Waals surface area contributed by atoms with Crippen molar-refractivity contribution in [3.05, 3.63) is 0 Å². The number of amides is 2. The van der Waals surface area contributed by atoms with Gasteiger partial charge in [0.15, 0.2) is 0 Å². The van der Waals surface area contributed by atoms with Gasteiger partial charge in [0.2, 0.25) is 5.91 Å². The number of carbonyl (C=O) groups excluding carboxylic acids is 2. The molecule has 0 aromatic rings. The fourth-order valence-corrected chi connectivity index (χ4v) is 2.80. The molecule has 1 unspecified atom stereocenters. The number of nitrogens with zero attached hydrogens (tertiary/aromatic N) is 1. The molecule has 0 spiro atoms. The highest BCUT2D eigenvalue weighted by Crippen LogP contribution is 2.35. The second-order valence-corrected chi connectivity index (χ2v) is 6.11. The summed E-state index contributed by atoms with van der Waals surface area (Å²) in [5.41, 5.74) is -0.0627. The molecule has 6 heteroatoms. The maximum Gasteiger partial charge on any atom is 0.323 e. The topological polar surface area (TPSA) is 74.7 Å². The number of aliphatic carboxylic acids is 1. The molecule has 1 saturated heterocycles. The summed E-state index contributed by atoms with van der Waals surface area (Å²) in [6.45, 7) is 5.40. The maximum absolute atomic E-state index is 11.8. The number of carbonyl (C=O) groups is 3. The van der Waals surface area contributed by atoms with E-state index >= 15 is 0 Å². The fraction of sp³-hybridized carbons (Fsp3) is 0.700. The predicted octanol–water partition coefficient (Wildman–Crippen LogP) is 1.57. The minimum absolute atomic E-state index is 0.0627. The molecule has 1 aliphatic heterocycles. The summed E-state index contributed by atoms with van der Waals surface area (Å²) in [7, 11) is 0. The second-order valence-electron chi connectivity index (χ2n) is 4.96. The van der Waals surface area contributed by atoms with Crippen molar-refractivity contribution in [2.75, 3.05) is 6.54 Å². The van der Waals surface area contributed by atoms with Gasteiger partial charge in [-0.3, -0.25) is 19.3 Å². The molecule has 0 saturated carbocycles. The molecule has 1 N–H and O–H groups in total. The van der Waals surface area contributed by atoms with Gasteiger partial charge in [0, 0.05) is 0 Å². The lowest BCUT2D eigenvalue weighted by atomic mass is 9.90. The van der Waals surface area contributed by atoms with Gasteiger partial charge < -0.3 is 5.11 Å². The summed E-state index contributed by atoms with van der Waals surface area (Å²) < 4.78 is 0. The maximum atomic E-state index is 11.8. The smallest absolute Gasteiger partial charge is 0.323 e. The molecule has 1 rings (SSSR count). The highest BCUT2D eigenvalue weighted by Gasteiger charge is 2.41. The van der Waals surface area contributed by atoms with Crippen molar-refractivity contribution >= 4 is 28.9 Å². The summed E-state index contributed by atoms with van der Waals surface area (Å²) >= 11 is 0.925.